The van der Waals surface area contributed by atoms with Gasteiger partial charge in [0.2, 0.25) is 5.91 Å². The van der Waals surface area contributed by atoms with E-state index in [1.807, 2.05) is 13.8 Å². The molecule has 2 amide bonds. The lowest BCUT2D eigenvalue weighted by atomic mass is 10.1. The monoisotopic (exact) mass is 262 g/mol. The van der Waals surface area contributed by atoms with Gasteiger partial charge in [0, 0.05) is 17.8 Å². The fraction of sp³-hybridized carbons (Fsp3) is 0.429. The van der Waals surface area contributed by atoms with Crippen molar-refractivity contribution in [1.29, 1.82) is 0 Å². The molecule has 0 spiro atoms. The smallest absolute Gasteiger partial charge is 0.414 e. The zero-order chi connectivity index (χ0) is 13.8. The summed E-state index contributed by atoms with van der Waals surface area (Å²) in [7, 11) is 0. The number of benzene rings is 1. The molecule has 1 aliphatic rings. The van der Waals surface area contributed by atoms with Gasteiger partial charge in [0.1, 0.15) is 6.61 Å². The molecule has 1 heterocycles. The highest BCUT2D eigenvalue weighted by Gasteiger charge is 2.23. The number of anilines is 2. The summed E-state index contributed by atoms with van der Waals surface area (Å²) in [5.74, 6) is 0.335. The predicted molar refractivity (Wildman–Crippen MR) is 73.2 cm³/mol. The predicted octanol–water partition coefficient (Wildman–Crippen LogP) is 2.63. The topological polar surface area (TPSA) is 58.6 Å². The molecule has 102 valence electrons. The van der Waals surface area contributed by atoms with E-state index in [2.05, 4.69) is 5.32 Å². The lowest BCUT2D eigenvalue weighted by Crippen LogP contribution is -2.23. The number of cyclic esters (lactones) is 1. The van der Waals surface area contributed by atoms with E-state index < -0.39 is 0 Å². The molecule has 1 aliphatic heterocycles. The molecule has 5 nitrogen and oxygen atoms in total. The lowest BCUT2D eigenvalue weighted by molar-refractivity contribution is -0.116. The summed E-state index contributed by atoms with van der Waals surface area (Å²) in [5.41, 5.74) is 1.52. The molecule has 19 heavy (non-hydrogen) atoms. The van der Waals surface area contributed by atoms with E-state index in [0.29, 0.717) is 25.5 Å². The van der Waals surface area contributed by atoms with Crippen molar-refractivity contribution in [3.63, 3.8) is 0 Å². The molecule has 0 bridgehead atoms. The number of carbonyl (C=O) groups excluding carboxylic acids is 2. The average molecular weight is 262 g/mol. The number of hydrogen-bond acceptors (Lipinski definition) is 3. The summed E-state index contributed by atoms with van der Waals surface area (Å²) in [5, 5.41) is 2.83. The number of nitrogens with zero attached hydrogens (tertiary/aromatic N) is 1. The zero-order valence-electron chi connectivity index (χ0n) is 11.2. The maximum atomic E-state index is 11.6. The van der Waals surface area contributed by atoms with Crippen LogP contribution in [0.1, 0.15) is 20.3 Å². The van der Waals surface area contributed by atoms with Gasteiger partial charge in [0.15, 0.2) is 0 Å². The average Bonchev–Trinajstić information content (AvgIpc) is 2.75. The molecule has 1 aromatic carbocycles. The number of rotatable bonds is 4. The number of ether oxygens (including phenoxy) is 1. The van der Waals surface area contributed by atoms with Crippen LogP contribution in [-0.4, -0.2) is 25.2 Å². The van der Waals surface area contributed by atoms with Gasteiger partial charge in [-0.05, 0) is 30.2 Å². The van der Waals surface area contributed by atoms with Crippen molar-refractivity contribution in [2.75, 3.05) is 23.4 Å². The Bertz CT molecular complexity index is 468. The fourth-order valence-corrected chi connectivity index (χ4v) is 1.94. The first kappa shape index (κ1) is 13.4. The minimum atomic E-state index is -0.323. The first-order valence-electron chi connectivity index (χ1n) is 6.40. The van der Waals surface area contributed by atoms with Crippen LogP contribution in [0, 0.1) is 5.92 Å². The number of carbonyl (C=O) groups is 2. The van der Waals surface area contributed by atoms with Crippen LogP contribution in [0.25, 0.3) is 0 Å². The Morgan fingerprint density at radius 1 is 1.37 bits per heavy atom. The Morgan fingerprint density at radius 3 is 2.58 bits per heavy atom. The number of amides is 2. The van der Waals surface area contributed by atoms with Crippen molar-refractivity contribution < 1.29 is 14.3 Å². The molecule has 0 saturated carbocycles. The molecule has 0 radical (unpaired) electrons. The molecule has 0 aromatic heterocycles. The molecule has 1 aromatic rings. The van der Waals surface area contributed by atoms with E-state index in [9.17, 15) is 9.59 Å². The molecule has 0 atom stereocenters. The van der Waals surface area contributed by atoms with Gasteiger partial charge in [0.25, 0.3) is 0 Å². The molecule has 5 heteroatoms. The highest BCUT2D eigenvalue weighted by atomic mass is 16.6. The Kier molecular flexibility index (Phi) is 4.04. The second-order valence-corrected chi connectivity index (χ2v) is 4.96. The second-order valence-electron chi connectivity index (χ2n) is 4.96. The molecular formula is C14H18N2O3. The van der Waals surface area contributed by atoms with Gasteiger partial charge in [0.05, 0.1) is 6.54 Å². The van der Waals surface area contributed by atoms with E-state index >= 15 is 0 Å². The Morgan fingerprint density at radius 2 is 2.05 bits per heavy atom. The van der Waals surface area contributed by atoms with Gasteiger partial charge >= 0.3 is 6.09 Å². The van der Waals surface area contributed by atoms with Gasteiger partial charge in [-0.1, -0.05) is 13.8 Å². The maximum absolute atomic E-state index is 11.6. The van der Waals surface area contributed by atoms with Gasteiger partial charge in [-0.15, -0.1) is 0 Å². The molecular weight excluding hydrogens is 244 g/mol. The second kappa shape index (κ2) is 5.73. The molecule has 2 rings (SSSR count). The zero-order valence-corrected chi connectivity index (χ0v) is 11.2. The summed E-state index contributed by atoms with van der Waals surface area (Å²) in [4.78, 5) is 24.6. The Labute approximate surface area is 112 Å². The van der Waals surface area contributed by atoms with Gasteiger partial charge in [-0.2, -0.15) is 0 Å². The van der Waals surface area contributed by atoms with Crippen LogP contribution in [0.3, 0.4) is 0 Å². The van der Waals surface area contributed by atoms with E-state index in [-0.39, 0.29) is 12.0 Å². The van der Waals surface area contributed by atoms with Crippen LogP contribution < -0.4 is 10.2 Å². The highest BCUT2D eigenvalue weighted by molar-refractivity contribution is 5.92. The summed E-state index contributed by atoms with van der Waals surface area (Å²) in [6, 6.07) is 7.19. The molecule has 1 saturated heterocycles. The molecule has 1 N–H and O–H groups in total. The van der Waals surface area contributed by atoms with Crippen molar-refractivity contribution in [2.24, 2.45) is 5.92 Å². The first-order valence-corrected chi connectivity index (χ1v) is 6.40. The minimum Gasteiger partial charge on any atom is -0.447 e. The van der Waals surface area contributed by atoms with Crippen molar-refractivity contribution in [3.8, 4) is 0 Å². The lowest BCUT2D eigenvalue weighted by Gasteiger charge is -2.13. The summed E-state index contributed by atoms with van der Waals surface area (Å²) in [6.07, 6.45) is 0.178. The maximum Gasteiger partial charge on any atom is 0.414 e. The van der Waals surface area contributed by atoms with Crippen molar-refractivity contribution in [2.45, 2.75) is 20.3 Å². The van der Waals surface area contributed by atoms with E-state index in [1.165, 1.54) is 0 Å². The van der Waals surface area contributed by atoms with Crippen molar-refractivity contribution in [1.82, 2.24) is 0 Å². The third kappa shape index (κ3) is 3.47. The van der Waals surface area contributed by atoms with Crippen LogP contribution in [0.4, 0.5) is 16.2 Å². The first-order chi connectivity index (χ1) is 9.06. The SMILES string of the molecule is CC(C)CC(=O)Nc1ccc(N2CCOC2=O)cc1. The van der Waals surface area contributed by atoms with Gasteiger partial charge in [-0.25, -0.2) is 4.79 Å². The van der Waals surface area contributed by atoms with E-state index in [0.717, 1.165) is 11.4 Å². The van der Waals surface area contributed by atoms with Gasteiger partial charge < -0.3 is 10.1 Å². The fourth-order valence-electron chi connectivity index (χ4n) is 1.94. The van der Waals surface area contributed by atoms with Gasteiger partial charge in [-0.3, -0.25) is 9.69 Å². The Hall–Kier alpha value is -2.04. The van der Waals surface area contributed by atoms with Crippen LogP contribution in [-0.2, 0) is 9.53 Å². The number of nitrogens with one attached hydrogen (secondary N) is 1. The standard InChI is InChI=1S/C14H18N2O3/c1-10(2)9-13(17)15-11-3-5-12(6-4-11)16-7-8-19-14(16)18/h3-6,10H,7-9H2,1-2H3,(H,15,17). The normalized spacial score (nSPS) is 14.7. The minimum absolute atomic E-state index is 0.00309. The van der Waals surface area contributed by atoms with E-state index in [1.54, 1.807) is 29.2 Å². The highest BCUT2D eigenvalue weighted by Crippen LogP contribution is 2.21. The summed E-state index contributed by atoms with van der Waals surface area (Å²) < 4.78 is 4.88. The third-order valence-corrected chi connectivity index (χ3v) is 2.82. The third-order valence-electron chi connectivity index (χ3n) is 2.82. The van der Waals surface area contributed by atoms with Crippen LogP contribution in [0.2, 0.25) is 0 Å². The Balaban J connectivity index is 1.98. The molecule has 1 fully saturated rings. The summed E-state index contributed by atoms with van der Waals surface area (Å²) in [6.45, 7) is 4.99. The largest absolute Gasteiger partial charge is 0.447 e. The number of hydrogen-bond donors (Lipinski definition) is 1. The van der Waals surface area contributed by atoms with Crippen LogP contribution in [0.5, 0.6) is 0 Å². The van der Waals surface area contributed by atoms with E-state index in [4.69, 9.17) is 4.74 Å². The molecule has 0 unspecified atom stereocenters. The van der Waals surface area contributed by atoms with Crippen LogP contribution in [0.15, 0.2) is 24.3 Å². The van der Waals surface area contributed by atoms with Crippen molar-refractivity contribution in [3.05, 3.63) is 24.3 Å². The molecule has 0 aliphatic carbocycles. The van der Waals surface area contributed by atoms with Crippen LogP contribution >= 0.6 is 0 Å². The van der Waals surface area contributed by atoms with Crippen molar-refractivity contribution >= 4 is 23.4 Å². The summed E-state index contributed by atoms with van der Waals surface area (Å²) >= 11 is 0. The quantitative estimate of drug-likeness (QED) is 0.907.